The number of benzene rings is 3. The molecule has 5 heteroatoms. The van der Waals surface area contributed by atoms with Gasteiger partial charge in [-0.05, 0) is 47.2 Å². The van der Waals surface area contributed by atoms with Crippen molar-refractivity contribution in [2.24, 2.45) is 22.7 Å². The van der Waals surface area contributed by atoms with E-state index in [-0.39, 0.29) is 17.6 Å². The molecule has 1 saturated carbocycles. The molecule has 2 fully saturated rings. The van der Waals surface area contributed by atoms with Crippen LogP contribution in [-0.2, 0) is 14.4 Å². The van der Waals surface area contributed by atoms with E-state index >= 15 is 0 Å². The van der Waals surface area contributed by atoms with Crippen LogP contribution in [0.4, 0.5) is 5.69 Å². The molecule has 37 heavy (non-hydrogen) atoms. The molecule has 6 rings (SSSR count). The second-order valence-corrected chi connectivity index (χ2v) is 10.1. The summed E-state index contributed by atoms with van der Waals surface area (Å²) in [5.74, 6) is -1.68. The minimum atomic E-state index is -1.09. The number of rotatable bonds is 6. The van der Waals surface area contributed by atoms with Crippen molar-refractivity contribution in [2.45, 2.75) is 26.7 Å². The van der Waals surface area contributed by atoms with E-state index in [4.69, 9.17) is 4.74 Å². The molecule has 186 valence electrons. The highest BCUT2D eigenvalue weighted by molar-refractivity contribution is 6.35. The molecular formula is C32H29NO4. The zero-order chi connectivity index (χ0) is 25.9. The predicted octanol–water partition coefficient (Wildman–Crippen LogP) is 5.80. The number of ether oxygens (including phenoxy) is 1. The highest BCUT2D eigenvalue weighted by Gasteiger charge is 2.80. The lowest BCUT2D eigenvalue weighted by Crippen LogP contribution is -2.42. The van der Waals surface area contributed by atoms with Crippen molar-refractivity contribution < 1.29 is 19.1 Å². The molecule has 1 heterocycles. The second-order valence-electron chi connectivity index (χ2n) is 10.1. The van der Waals surface area contributed by atoms with Crippen molar-refractivity contribution in [3.8, 4) is 5.75 Å². The molecule has 2 aliphatic carbocycles. The number of para-hydroxylation sites is 2. The number of nitrogens with zero attached hydrogens (tertiary/aromatic N) is 1. The monoisotopic (exact) mass is 491 g/mol. The van der Waals surface area contributed by atoms with Crippen LogP contribution in [0.1, 0.15) is 37.8 Å². The van der Waals surface area contributed by atoms with E-state index in [1.54, 1.807) is 18.2 Å². The van der Waals surface area contributed by atoms with Crippen LogP contribution in [0.5, 0.6) is 5.75 Å². The van der Waals surface area contributed by atoms with Crippen molar-refractivity contribution in [3.05, 3.63) is 96.1 Å². The van der Waals surface area contributed by atoms with Crippen LogP contribution in [0.15, 0.2) is 84.9 Å². The zero-order valence-electron chi connectivity index (χ0n) is 21.2. The van der Waals surface area contributed by atoms with Gasteiger partial charge in [0.1, 0.15) is 5.75 Å². The van der Waals surface area contributed by atoms with E-state index < -0.39 is 22.7 Å². The number of allylic oxidation sites excluding steroid dienone is 2. The number of anilines is 1. The molecule has 0 spiro atoms. The summed E-state index contributed by atoms with van der Waals surface area (Å²) in [6.45, 7) is 3.95. The topological polar surface area (TPSA) is 63.7 Å². The van der Waals surface area contributed by atoms with Gasteiger partial charge in [0.05, 0.1) is 35.5 Å². The lowest BCUT2D eigenvalue weighted by molar-refractivity contribution is -0.134. The quantitative estimate of drug-likeness (QED) is 0.409. The van der Waals surface area contributed by atoms with E-state index in [1.165, 1.54) is 12.0 Å². The van der Waals surface area contributed by atoms with Gasteiger partial charge in [0.25, 0.3) is 0 Å². The molecular weight excluding hydrogens is 462 g/mol. The van der Waals surface area contributed by atoms with Gasteiger partial charge in [0, 0.05) is 0 Å². The molecule has 4 atom stereocenters. The van der Waals surface area contributed by atoms with Gasteiger partial charge in [-0.2, -0.15) is 0 Å². The Morgan fingerprint density at radius 3 is 1.54 bits per heavy atom. The number of carbonyl (C=O) groups is 3. The Morgan fingerprint density at radius 1 is 0.676 bits per heavy atom. The van der Waals surface area contributed by atoms with Crippen LogP contribution in [0, 0.1) is 22.7 Å². The molecule has 1 aliphatic heterocycles. The van der Waals surface area contributed by atoms with E-state index in [2.05, 4.69) is 0 Å². The molecule has 2 amide bonds. The van der Waals surface area contributed by atoms with E-state index in [0.717, 1.165) is 22.3 Å². The Morgan fingerprint density at radius 2 is 1.11 bits per heavy atom. The fourth-order valence-corrected chi connectivity index (χ4v) is 7.51. The van der Waals surface area contributed by atoms with Crippen LogP contribution in [0.2, 0.25) is 0 Å². The summed E-state index contributed by atoms with van der Waals surface area (Å²) in [5.41, 5.74) is 1.92. The van der Waals surface area contributed by atoms with E-state index in [0.29, 0.717) is 24.3 Å². The summed E-state index contributed by atoms with van der Waals surface area (Å²) in [6.07, 6.45) is 0.877. The van der Waals surface area contributed by atoms with Crippen molar-refractivity contribution in [1.29, 1.82) is 0 Å². The third-order valence-corrected chi connectivity index (χ3v) is 8.89. The number of methoxy groups -OCH3 is 1. The smallest absolute Gasteiger partial charge is 0.239 e. The summed E-state index contributed by atoms with van der Waals surface area (Å²) >= 11 is 0. The maximum absolute atomic E-state index is 14.7. The first-order chi connectivity index (χ1) is 18.0. The highest BCUT2D eigenvalue weighted by Crippen LogP contribution is 2.75. The third kappa shape index (κ3) is 2.72. The van der Waals surface area contributed by atoms with Crippen LogP contribution in [0.25, 0.3) is 11.1 Å². The number of hydrogen-bond acceptors (Lipinski definition) is 4. The fourth-order valence-electron chi connectivity index (χ4n) is 7.51. The molecule has 5 nitrogen and oxygen atoms in total. The first kappa shape index (κ1) is 23.4. The maximum atomic E-state index is 14.7. The van der Waals surface area contributed by atoms with Gasteiger partial charge >= 0.3 is 0 Å². The molecule has 0 aromatic heterocycles. The van der Waals surface area contributed by atoms with Gasteiger partial charge in [0.15, 0.2) is 5.78 Å². The summed E-state index contributed by atoms with van der Waals surface area (Å²) in [4.78, 5) is 44.6. The normalized spacial score (nSPS) is 28.3. The molecule has 3 aromatic carbocycles. The van der Waals surface area contributed by atoms with Crippen molar-refractivity contribution in [3.63, 3.8) is 0 Å². The van der Waals surface area contributed by atoms with Crippen LogP contribution >= 0.6 is 0 Å². The highest BCUT2D eigenvalue weighted by atomic mass is 16.5. The molecule has 0 radical (unpaired) electrons. The summed E-state index contributed by atoms with van der Waals surface area (Å²) in [7, 11) is 1.53. The van der Waals surface area contributed by atoms with Crippen LogP contribution < -0.4 is 9.64 Å². The minimum absolute atomic E-state index is 0.0130. The Kier molecular flexibility index (Phi) is 5.23. The van der Waals surface area contributed by atoms with Crippen molar-refractivity contribution in [2.75, 3.05) is 12.0 Å². The van der Waals surface area contributed by atoms with Crippen LogP contribution in [-0.4, -0.2) is 24.7 Å². The molecule has 0 N–H and O–H groups in total. The Hall–Kier alpha value is -3.99. The lowest BCUT2D eigenvalue weighted by atomic mass is 9.60. The summed E-state index contributed by atoms with van der Waals surface area (Å²) < 4.78 is 5.53. The lowest BCUT2D eigenvalue weighted by Gasteiger charge is -2.38. The minimum Gasteiger partial charge on any atom is -0.495 e. The average Bonchev–Trinajstić information content (AvgIpc) is 3.45. The van der Waals surface area contributed by atoms with Gasteiger partial charge in [-0.1, -0.05) is 86.6 Å². The zero-order valence-corrected chi connectivity index (χ0v) is 21.2. The van der Waals surface area contributed by atoms with E-state index in [9.17, 15) is 14.4 Å². The largest absolute Gasteiger partial charge is 0.495 e. The van der Waals surface area contributed by atoms with Gasteiger partial charge in [-0.25, -0.2) is 4.90 Å². The van der Waals surface area contributed by atoms with Crippen molar-refractivity contribution in [1.82, 2.24) is 0 Å². The number of hydrogen-bond donors (Lipinski definition) is 0. The van der Waals surface area contributed by atoms with Crippen LogP contribution in [0.3, 0.4) is 0 Å². The van der Waals surface area contributed by atoms with Gasteiger partial charge in [0.2, 0.25) is 11.8 Å². The third-order valence-electron chi connectivity index (χ3n) is 8.89. The average molecular weight is 492 g/mol. The number of ketones is 1. The molecule has 0 unspecified atom stereocenters. The van der Waals surface area contributed by atoms with Gasteiger partial charge in [-0.3, -0.25) is 14.4 Å². The SMILES string of the molecule is CC[C@]12C(=O)[C@@](CC)(C(c3ccccc3)=C1c1ccccc1)[C@@H]1C(=O)N(c3ccccc3OC)C(=O)[C@H]12. The Labute approximate surface area is 216 Å². The molecule has 3 aliphatic rings. The summed E-state index contributed by atoms with van der Waals surface area (Å²) in [6, 6.07) is 26.9. The van der Waals surface area contributed by atoms with Gasteiger partial charge in [-0.15, -0.1) is 0 Å². The predicted molar refractivity (Wildman–Crippen MR) is 143 cm³/mol. The number of imide groups is 1. The fraction of sp³-hybridized carbons (Fsp3) is 0.281. The molecule has 1 saturated heterocycles. The number of fused-ring (bicyclic) bond motifs is 5. The Bertz CT molecular complexity index is 1370. The first-order valence-corrected chi connectivity index (χ1v) is 12.9. The Balaban J connectivity index is 1.67. The number of amides is 2. The first-order valence-electron chi connectivity index (χ1n) is 12.9. The number of Topliss-reactive ketones (excluding diaryl/α,β-unsaturated/α-hetero) is 1. The van der Waals surface area contributed by atoms with Gasteiger partial charge < -0.3 is 4.74 Å². The maximum Gasteiger partial charge on any atom is 0.239 e. The molecule has 3 aromatic rings. The standard InChI is InChI=1S/C32H29NO4/c1-4-31-24(20-14-8-6-9-15-20)25(21-16-10-7-11-17-21)32(5-2,30(31)36)27-26(31)28(34)33(29(27)35)22-18-12-13-19-23(22)37-3/h6-19,26-27H,4-5H2,1-3H3/t26-,27-,31-,32-/m0/s1. The second kappa shape index (κ2) is 8.27. The molecule has 2 bridgehead atoms. The van der Waals surface area contributed by atoms with E-state index in [1.807, 2.05) is 80.6 Å². The van der Waals surface area contributed by atoms with Crippen molar-refractivity contribution >= 4 is 34.4 Å². The number of carbonyl (C=O) groups excluding carboxylic acids is 3. The summed E-state index contributed by atoms with van der Waals surface area (Å²) in [5, 5.41) is 0.